The van der Waals surface area contributed by atoms with Crippen LogP contribution >= 0.6 is 0 Å². The lowest BCUT2D eigenvalue weighted by Crippen LogP contribution is -2.52. The normalized spacial score (nSPS) is 23.6. The highest BCUT2D eigenvalue weighted by Gasteiger charge is 2.35. The van der Waals surface area contributed by atoms with Crippen LogP contribution in [0.5, 0.6) is 0 Å². The molecule has 0 unspecified atom stereocenters. The zero-order valence-corrected chi connectivity index (χ0v) is 19.7. The van der Waals surface area contributed by atoms with Crippen LogP contribution < -0.4 is 9.62 Å². The van der Waals surface area contributed by atoms with E-state index >= 15 is 0 Å². The van der Waals surface area contributed by atoms with Gasteiger partial charge in [-0.15, -0.1) is 0 Å². The van der Waals surface area contributed by atoms with Gasteiger partial charge in [0.2, 0.25) is 15.9 Å². The molecule has 34 heavy (non-hydrogen) atoms. The summed E-state index contributed by atoms with van der Waals surface area (Å²) in [7, 11) is -3.89. The first kappa shape index (κ1) is 24.6. The number of hydrogen-bond donors (Lipinski definition) is 2. The summed E-state index contributed by atoms with van der Waals surface area (Å²) in [6, 6.07) is 14.0. The maximum Gasteiger partial charge on any atom is 0.240 e. The van der Waals surface area contributed by atoms with E-state index in [1.807, 2.05) is 23.1 Å². The lowest BCUT2D eigenvalue weighted by molar-refractivity contribution is -0.140. The van der Waals surface area contributed by atoms with E-state index in [9.17, 15) is 22.7 Å². The first-order chi connectivity index (χ1) is 16.4. The Balaban J connectivity index is 1.28. The summed E-state index contributed by atoms with van der Waals surface area (Å²) in [4.78, 5) is 16.9. The van der Waals surface area contributed by atoms with Crippen LogP contribution in [-0.2, 0) is 19.6 Å². The third-order valence-corrected chi connectivity index (χ3v) is 7.89. The smallest absolute Gasteiger partial charge is 0.240 e. The van der Waals surface area contributed by atoms with Crippen molar-refractivity contribution in [3.05, 3.63) is 60.4 Å². The molecule has 2 saturated heterocycles. The molecule has 4 rings (SSSR count). The van der Waals surface area contributed by atoms with Gasteiger partial charge in [-0.05, 0) is 49.2 Å². The van der Waals surface area contributed by atoms with E-state index in [0.717, 1.165) is 30.9 Å². The molecule has 0 saturated carbocycles. The van der Waals surface area contributed by atoms with Crippen molar-refractivity contribution in [2.75, 3.05) is 37.7 Å². The highest BCUT2D eigenvalue weighted by molar-refractivity contribution is 7.89. The monoisotopic (exact) mass is 491 g/mol. The van der Waals surface area contributed by atoms with E-state index in [4.69, 9.17) is 4.74 Å². The molecule has 0 radical (unpaired) electrons. The number of ether oxygens (including phenoxy) is 1. The number of piperazine rings is 1. The fourth-order valence-electron chi connectivity index (χ4n) is 4.47. The van der Waals surface area contributed by atoms with Gasteiger partial charge in [0.25, 0.3) is 0 Å². The van der Waals surface area contributed by atoms with Crippen LogP contribution in [0.2, 0.25) is 0 Å². The van der Waals surface area contributed by atoms with E-state index in [-0.39, 0.29) is 29.9 Å². The fourth-order valence-corrected chi connectivity index (χ4v) is 5.77. The Morgan fingerprint density at radius 3 is 2.35 bits per heavy atom. The molecular weight excluding hydrogens is 461 g/mol. The van der Waals surface area contributed by atoms with Crippen molar-refractivity contribution in [3.63, 3.8) is 0 Å². The van der Waals surface area contributed by atoms with Gasteiger partial charge in [0.05, 0.1) is 36.2 Å². The van der Waals surface area contributed by atoms with Crippen molar-refractivity contribution in [1.29, 1.82) is 0 Å². The Bertz CT molecular complexity index is 1060. The number of nitrogens with one attached hydrogen (secondary N) is 1. The lowest BCUT2D eigenvalue weighted by Gasteiger charge is -2.38. The number of halogens is 1. The van der Waals surface area contributed by atoms with Gasteiger partial charge in [-0.1, -0.05) is 18.2 Å². The van der Waals surface area contributed by atoms with Gasteiger partial charge in [0, 0.05) is 31.9 Å². The van der Waals surface area contributed by atoms with Crippen molar-refractivity contribution in [2.45, 2.75) is 42.4 Å². The van der Waals surface area contributed by atoms with Crippen LogP contribution in [0.25, 0.3) is 0 Å². The van der Waals surface area contributed by atoms with Gasteiger partial charge in [-0.25, -0.2) is 17.5 Å². The lowest BCUT2D eigenvalue weighted by atomic mass is 9.97. The Morgan fingerprint density at radius 1 is 1.03 bits per heavy atom. The van der Waals surface area contributed by atoms with Gasteiger partial charge < -0.3 is 19.6 Å². The molecule has 2 fully saturated rings. The number of para-hydroxylation sites is 1. The number of nitrogens with zero attached hydrogens (tertiary/aromatic N) is 2. The zero-order valence-electron chi connectivity index (χ0n) is 18.8. The Hall–Kier alpha value is -2.53. The predicted octanol–water partition coefficient (Wildman–Crippen LogP) is 1.75. The van der Waals surface area contributed by atoms with Crippen LogP contribution in [0.1, 0.15) is 19.3 Å². The van der Waals surface area contributed by atoms with E-state index < -0.39 is 28.0 Å². The van der Waals surface area contributed by atoms with Crippen LogP contribution in [0.15, 0.2) is 59.5 Å². The maximum atomic E-state index is 13.1. The highest BCUT2D eigenvalue weighted by atomic mass is 32.2. The standard InChI is InChI=1S/C24H30FN3O5S/c25-18-6-9-21(10-7-18)34(31,32)26-22-11-8-20(33-23(22)17-29)16-24(30)28-14-12-27(13-15-28)19-4-2-1-3-5-19/h1-7,9-10,20,22-23,26,29H,8,11-17H2/t20-,22-,23-/m0/s1. The van der Waals surface area contributed by atoms with Gasteiger partial charge in [-0.2, -0.15) is 0 Å². The van der Waals surface area contributed by atoms with Crippen LogP contribution in [0, 0.1) is 5.82 Å². The number of carbonyl (C=O) groups excluding carboxylic acids is 1. The number of rotatable bonds is 7. The molecular formula is C24H30FN3O5S. The molecule has 2 aliphatic rings. The predicted molar refractivity (Wildman–Crippen MR) is 125 cm³/mol. The largest absolute Gasteiger partial charge is 0.394 e. The van der Waals surface area contributed by atoms with Crippen LogP contribution in [0.3, 0.4) is 0 Å². The first-order valence-electron chi connectivity index (χ1n) is 11.5. The van der Waals surface area contributed by atoms with Gasteiger partial charge in [-0.3, -0.25) is 4.79 Å². The molecule has 2 aromatic rings. The number of anilines is 1. The second-order valence-corrected chi connectivity index (χ2v) is 10.4. The molecule has 0 aliphatic carbocycles. The fraction of sp³-hybridized carbons (Fsp3) is 0.458. The van der Waals surface area contributed by atoms with Crippen molar-refractivity contribution in [2.24, 2.45) is 0 Å². The zero-order chi connectivity index (χ0) is 24.1. The first-order valence-corrected chi connectivity index (χ1v) is 13.0. The molecule has 2 aliphatic heterocycles. The average Bonchev–Trinajstić information content (AvgIpc) is 2.85. The second kappa shape index (κ2) is 10.8. The van der Waals surface area contributed by atoms with Crippen LogP contribution in [0.4, 0.5) is 10.1 Å². The number of aliphatic hydroxyl groups is 1. The van der Waals surface area contributed by atoms with E-state index in [1.165, 1.54) is 12.1 Å². The third kappa shape index (κ3) is 5.93. The molecule has 10 heteroatoms. The molecule has 0 spiro atoms. The van der Waals surface area contributed by atoms with Crippen molar-refractivity contribution < 1.29 is 27.4 Å². The number of aliphatic hydroxyl groups excluding tert-OH is 1. The number of hydrogen-bond acceptors (Lipinski definition) is 6. The van der Waals surface area contributed by atoms with Crippen LogP contribution in [-0.4, -0.2) is 75.4 Å². The number of amides is 1. The van der Waals surface area contributed by atoms with Gasteiger partial charge >= 0.3 is 0 Å². The number of sulfonamides is 1. The molecule has 1 amide bonds. The summed E-state index contributed by atoms with van der Waals surface area (Å²) in [6.45, 7) is 2.40. The quantitative estimate of drug-likeness (QED) is 0.612. The molecule has 3 atom stereocenters. The SMILES string of the molecule is O=C(C[C@@H]1CC[C@H](NS(=O)(=O)c2ccc(F)cc2)[C@H](CO)O1)N1CCN(c2ccccc2)CC1. The summed E-state index contributed by atoms with van der Waals surface area (Å²) >= 11 is 0. The maximum absolute atomic E-state index is 13.1. The average molecular weight is 492 g/mol. The van der Waals surface area contributed by atoms with Crippen molar-refractivity contribution >= 4 is 21.6 Å². The van der Waals surface area contributed by atoms with Crippen molar-refractivity contribution in [1.82, 2.24) is 9.62 Å². The second-order valence-electron chi connectivity index (χ2n) is 8.65. The molecule has 0 aromatic heterocycles. The number of carbonyl (C=O) groups is 1. The Labute approximate surface area is 199 Å². The van der Waals surface area contributed by atoms with Gasteiger partial charge in [0.15, 0.2) is 0 Å². The Kier molecular flexibility index (Phi) is 7.82. The molecule has 2 N–H and O–H groups in total. The van der Waals surface area contributed by atoms with E-state index in [2.05, 4.69) is 21.8 Å². The highest BCUT2D eigenvalue weighted by Crippen LogP contribution is 2.25. The van der Waals surface area contributed by atoms with E-state index in [1.54, 1.807) is 0 Å². The molecule has 0 bridgehead atoms. The summed E-state index contributed by atoms with van der Waals surface area (Å²) < 4.78 is 46.9. The topological polar surface area (TPSA) is 99.2 Å². The minimum atomic E-state index is -3.89. The molecule has 184 valence electrons. The number of benzene rings is 2. The summed E-state index contributed by atoms with van der Waals surface area (Å²) in [6.07, 6.45) is -0.0481. The molecule has 2 aromatic carbocycles. The Morgan fingerprint density at radius 2 is 1.71 bits per heavy atom. The summed E-state index contributed by atoms with van der Waals surface area (Å²) in [5, 5.41) is 9.79. The van der Waals surface area contributed by atoms with Gasteiger partial charge in [0.1, 0.15) is 5.82 Å². The summed E-state index contributed by atoms with van der Waals surface area (Å²) in [5.41, 5.74) is 1.14. The van der Waals surface area contributed by atoms with E-state index in [0.29, 0.717) is 25.9 Å². The third-order valence-electron chi connectivity index (χ3n) is 6.38. The summed E-state index contributed by atoms with van der Waals surface area (Å²) in [5.74, 6) is -0.526. The minimum absolute atomic E-state index is 0.000237. The van der Waals surface area contributed by atoms with Crippen molar-refractivity contribution in [3.8, 4) is 0 Å². The molecule has 2 heterocycles. The minimum Gasteiger partial charge on any atom is -0.394 e. The molecule has 8 nitrogen and oxygen atoms in total.